The van der Waals surface area contributed by atoms with Gasteiger partial charge in [-0.2, -0.15) is 0 Å². The molecule has 0 spiro atoms. The van der Waals surface area contributed by atoms with Gasteiger partial charge in [-0.05, 0) is 48.6 Å². The van der Waals surface area contributed by atoms with Crippen LogP contribution in [0.15, 0.2) is 35.7 Å². The van der Waals surface area contributed by atoms with Gasteiger partial charge >= 0.3 is 0 Å². The van der Waals surface area contributed by atoms with Crippen LogP contribution in [-0.2, 0) is 28.1 Å². The predicted molar refractivity (Wildman–Crippen MR) is 107 cm³/mol. The standard InChI is InChI=1S/C21H21N3O3S/c1-21-19-15(16-10-13(27-2)5-6-17(16)22-19)7-8-24(21)18(25)12-23(20(21)26)11-14-4-3-9-28-14/h3-6,9-10,22H,7-8,11-12H2,1-2H3/t21-/m1/s1. The molecule has 3 aromatic rings. The third-order valence-electron chi connectivity index (χ3n) is 5.98. The molecule has 144 valence electrons. The first-order valence-electron chi connectivity index (χ1n) is 9.33. The van der Waals surface area contributed by atoms with Crippen molar-refractivity contribution in [3.05, 3.63) is 51.8 Å². The van der Waals surface area contributed by atoms with E-state index >= 15 is 0 Å². The van der Waals surface area contributed by atoms with Gasteiger partial charge in [-0.25, -0.2) is 0 Å². The summed E-state index contributed by atoms with van der Waals surface area (Å²) in [6.45, 7) is 3.02. The Hall–Kier alpha value is -2.80. The molecule has 2 aromatic heterocycles. The topological polar surface area (TPSA) is 65.6 Å². The van der Waals surface area contributed by atoms with Gasteiger partial charge in [0.1, 0.15) is 12.3 Å². The number of aromatic nitrogens is 1. The molecule has 6 nitrogen and oxygen atoms in total. The fourth-order valence-corrected chi connectivity index (χ4v) is 5.27. The fourth-order valence-electron chi connectivity index (χ4n) is 4.55. The summed E-state index contributed by atoms with van der Waals surface area (Å²) in [5.74, 6) is 0.757. The molecule has 2 aliphatic rings. The minimum absolute atomic E-state index is 0.000503. The quantitative estimate of drug-likeness (QED) is 0.742. The molecule has 7 heteroatoms. The number of aromatic amines is 1. The van der Waals surface area contributed by atoms with E-state index in [1.165, 1.54) is 0 Å². The second kappa shape index (κ2) is 6.10. The number of amides is 2. The Balaban J connectivity index is 1.62. The Kier molecular flexibility index (Phi) is 3.77. The van der Waals surface area contributed by atoms with E-state index in [4.69, 9.17) is 4.74 Å². The number of rotatable bonds is 3. The van der Waals surface area contributed by atoms with Crippen LogP contribution in [-0.4, -0.2) is 46.8 Å². The van der Waals surface area contributed by atoms with E-state index in [1.54, 1.807) is 28.2 Å². The maximum Gasteiger partial charge on any atom is 0.255 e. The van der Waals surface area contributed by atoms with Crippen molar-refractivity contribution in [3.8, 4) is 5.75 Å². The van der Waals surface area contributed by atoms with E-state index in [2.05, 4.69) is 4.98 Å². The van der Waals surface area contributed by atoms with Gasteiger partial charge in [0, 0.05) is 22.3 Å². The monoisotopic (exact) mass is 395 g/mol. The molecule has 0 radical (unpaired) electrons. The summed E-state index contributed by atoms with van der Waals surface area (Å²) in [4.78, 5) is 34.5. The van der Waals surface area contributed by atoms with Crippen molar-refractivity contribution in [2.75, 3.05) is 20.2 Å². The van der Waals surface area contributed by atoms with Gasteiger partial charge in [-0.1, -0.05) is 6.07 Å². The van der Waals surface area contributed by atoms with Crippen LogP contribution in [0.25, 0.3) is 10.9 Å². The summed E-state index contributed by atoms with van der Waals surface area (Å²) in [5.41, 5.74) is 1.89. The molecular formula is C21H21N3O3S. The van der Waals surface area contributed by atoms with E-state index in [0.29, 0.717) is 13.1 Å². The Labute approximate surface area is 166 Å². The molecule has 1 saturated heterocycles. The average molecular weight is 395 g/mol. The minimum atomic E-state index is -1.01. The maximum atomic E-state index is 13.6. The maximum absolute atomic E-state index is 13.6. The lowest BCUT2D eigenvalue weighted by Crippen LogP contribution is -2.66. The fraction of sp³-hybridized carbons (Fsp3) is 0.333. The summed E-state index contributed by atoms with van der Waals surface area (Å²) in [5, 5.41) is 3.05. The van der Waals surface area contributed by atoms with Crippen LogP contribution in [0.2, 0.25) is 0 Å². The van der Waals surface area contributed by atoms with E-state index in [0.717, 1.165) is 39.2 Å². The van der Waals surface area contributed by atoms with Gasteiger partial charge in [0.2, 0.25) is 5.91 Å². The molecule has 1 N–H and O–H groups in total. The number of H-pyrrole nitrogens is 1. The van der Waals surface area contributed by atoms with Crippen molar-refractivity contribution in [3.63, 3.8) is 0 Å². The number of nitrogens with zero attached hydrogens (tertiary/aromatic N) is 2. The first-order chi connectivity index (χ1) is 13.5. The third-order valence-corrected chi connectivity index (χ3v) is 6.84. The van der Waals surface area contributed by atoms with Crippen LogP contribution >= 0.6 is 11.3 Å². The molecule has 0 aliphatic carbocycles. The normalized spacial score (nSPS) is 21.8. The van der Waals surface area contributed by atoms with Crippen LogP contribution in [0, 0.1) is 0 Å². The van der Waals surface area contributed by atoms with Crippen LogP contribution in [0.3, 0.4) is 0 Å². The SMILES string of the molecule is COc1ccc2[nH]c3c(c2c1)CCN1C(=O)CN(Cc2cccs2)C(=O)[C@@]31C. The van der Waals surface area contributed by atoms with Crippen LogP contribution in [0.5, 0.6) is 5.75 Å². The van der Waals surface area contributed by atoms with Crippen molar-refractivity contribution < 1.29 is 14.3 Å². The molecule has 4 heterocycles. The number of benzene rings is 1. The number of fused-ring (bicyclic) bond motifs is 5. The molecule has 0 saturated carbocycles. The molecule has 2 aliphatic heterocycles. The zero-order chi connectivity index (χ0) is 19.5. The summed E-state index contributed by atoms with van der Waals surface area (Å²) < 4.78 is 5.38. The van der Waals surface area contributed by atoms with Gasteiger partial charge in [0.25, 0.3) is 5.91 Å². The van der Waals surface area contributed by atoms with Gasteiger partial charge < -0.3 is 19.5 Å². The van der Waals surface area contributed by atoms with Crippen LogP contribution in [0.4, 0.5) is 0 Å². The van der Waals surface area contributed by atoms with Gasteiger partial charge in [-0.3, -0.25) is 9.59 Å². The largest absolute Gasteiger partial charge is 0.497 e. The molecule has 2 amide bonds. The highest BCUT2D eigenvalue weighted by Gasteiger charge is 2.54. The number of carbonyl (C=O) groups is 2. The van der Waals surface area contributed by atoms with Crippen molar-refractivity contribution in [2.45, 2.75) is 25.4 Å². The average Bonchev–Trinajstić information content (AvgIpc) is 3.33. The first kappa shape index (κ1) is 17.3. The van der Waals surface area contributed by atoms with Gasteiger partial charge in [-0.15, -0.1) is 11.3 Å². The number of thiophene rings is 1. The molecule has 0 unspecified atom stereocenters. The molecular weight excluding hydrogens is 374 g/mol. The van der Waals surface area contributed by atoms with Crippen molar-refractivity contribution in [2.24, 2.45) is 0 Å². The molecule has 1 atom stereocenters. The third kappa shape index (κ3) is 2.32. The van der Waals surface area contributed by atoms with Crippen molar-refractivity contribution >= 4 is 34.1 Å². The Morgan fingerprint density at radius 3 is 2.89 bits per heavy atom. The van der Waals surface area contributed by atoms with E-state index in [1.807, 2.05) is 42.6 Å². The lowest BCUT2D eigenvalue weighted by atomic mass is 9.83. The summed E-state index contributed by atoms with van der Waals surface area (Å²) in [6, 6.07) is 9.84. The van der Waals surface area contributed by atoms with Crippen LogP contribution < -0.4 is 4.74 Å². The minimum Gasteiger partial charge on any atom is -0.497 e. The number of carbonyl (C=O) groups excluding carboxylic acids is 2. The second-order valence-electron chi connectivity index (χ2n) is 7.50. The summed E-state index contributed by atoms with van der Waals surface area (Å²) in [7, 11) is 1.65. The first-order valence-corrected chi connectivity index (χ1v) is 10.2. The lowest BCUT2D eigenvalue weighted by Gasteiger charge is -2.49. The Bertz CT molecular complexity index is 1090. The number of methoxy groups -OCH3 is 1. The second-order valence-corrected chi connectivity index (χ2v) is 8.53. The van der Waals surface area contributed by atoms with E-state index in [-0.39, 0.29) is 18.4 Å². The van der Waals surface area contributed by atoms with E-state index < -0.39 is 5.54 Å². The molecule has 5 rings (SSSR count). The smallest absolute Gasteiger partial charge is 0.255 e. The highest BCUT2D eigenvalue weighted by molar-refractivity contribution is 7.09. The van der Waals surface area contributed by atoms with Gasteiger partial charge in [0.15, 0.2) is 5.54 Å². The molecule has 0 bridgehead atoms. The number of piperazine rings is 1. The van der Waals surface area contributed by atoms with Crippen molar-refractivity contribution in [1.29, 1.82) is 0 Å². The number of ether oxygens (including phenoxy) is 1. The summed E-state index contributed by atoms with van der Waals surface area (Å²) >= 11 is 1.60. The summed E-state index contributed by atoms with van der Waals surface area (Å²) in [6.07, 6.45) is 0.724. The molecule has 1 fully saturated rings. The highest BCUT2D eigenvalue weighted by atomic mass is 32.1. The van der Waals surface area contributed by atoms with E-state index in [9.17, 15) is 9.59 Å². The van der Waals surface area contributed by atoms with Crippen LogP contribution in [0.1, 0.15) is 23.1 Å². The number of hydrogen-bond donors (Lipinski definition) is 1. The molecule has 28 heavy (non-hydrogen) atoms. The zero-order valence-electron chi connectivity index (χ0n) is 15.8. The predicted octanol–water partition coefficient (Wildman–Crippen LogP) is 2.88. The Morgan fingerprint density at radius 1 is 1.29 bits per heavy atom. The lowest BCUT2D eigenvalue weighted by molar-refractivity contribution is -0.166. The Morgan fingerprint density at radius 2 is 2.14 bits per heavy atom. The van der Waals surface area contributed by atoms with Gasteiger partial charge in [0.05, 0.1) is 19.3 Å². The zero-order valence-corrected chi connectivity index (χ0v) is 16.6. The molecule has 1 aromatic carbocycles. The number of hydrogen-bond acceptors (Lipinski definition) is 4. The highest BCUT2D eigenvalue weighted by Crippen LogP contribution is 2.42. The van der Waals surface area contributed by atoms with Crippen molar-refractivity contribution in [1.82, 2.24) is 14.8 Å². The number of nitrogens with one attached hydrogen (secondary N) is 1.